The van der Waals surface area contributed by atoms with Crippen LogP contribution in [0.5, 0.6) is 6.01 Å². The molecule has 6 aliphatic rings. The van der Waals surface area contributed by atoms with Crippen LogP contribution in [0.1, 0.15) is 50.0 Å². The molecule has 5 atom stereocenters. The van der Waals surface area contributed by atoms with Crippen LogP contribution in [0, 0.1) is 11.7 Å². The summed E-state index contributed by atoms with van der Waals surface area (Å²) in [6.07, 6.45) is 5.43. The number of rotatable bonds is 3. The van der Waals surface area contributed by atoms with Crippen molar-refractivity contribution in [3.63, 3.8) is 0 Å². The van der Waals surface area contributed by atoms with Gasteiger partial charge in [-0.15, -0.1) is 0 Å². The average molecular weight is 652 g/mol. The number of nitrogens with one attached hydrogen (secondary N) is 1. The number of hydrogen-bond donors (Lipinski definition) is 1. The molecule has 10 rings (SSSR count). The van der Waals surface area contributed by atoms with Gasteiger partial charge in [0.2, 0.25) is 0 Å². The number of aromatic amines is 1. The van der Waals surface area contributed by atoms with Gasteiger partial charge >= 0.3 is 12.2 Å². The van der Waals surface area contributed by atoms with Crippen molar-refractivity contribution in [3.8, 4) is 17.3 Å². The molecule has 8 heterocycles. The number of aromatic nitrogens is 5. The fraction of sp³-hybridized carbons (Fsp3) is 0.531. The zero-order valence-corrected chi connectivity index (χ0v) is 25.7. The zero-order chi connectivity index (χ0) is 31.2. The van der Waals surface area contributed by atoms with Crippen molar-refractivity contribution in [2.24, 2.45) is 5.92 Å². The first-order chi connectivity index (χ1) is 22.4. The minimum atomic E-state index is -0.912. The quantitative estimate of drug-likeness (QED) is 0.282. The van der Waals surface area contributed by atoms with E-state index in [0.717, 1.165) is 31.4 Å². The molecule has 1 saturated carbocycles. The lowest BCUT2D eigenvalue weighted by Crippen LogP contribution is -2.43. The molecule has 3 saturated heterocycles. The number of hydrogen-bond acceptors (Lipinski definition) is 10. The number of carbonyl (C=O) groups excluding carboxylic acids is 1. The van der Waals surface area contributed by atoms with Gasteiger partial charge in [-0.2, -0.15) is 15.1 Å². The number of ether oxygens (including phenoxy) is 3. The molecule has 4 aromatic rings. The molecule has 11 nitrogen and oxygen atoms in total. The molecule has 0 radical (unpaired) electrons. The fourth-order valence-electron chi connectivity index (χ4n) is 8.20. The van der Waals surface area contributed by atoms with E-state index >= 15 is 4.39 Å². The number of halogens is 3. The van der Waals surface area contributed by atoms with Gasteiger partial charge in [0.15, 0.2) is 5.82 Å². The number of nitrogens with zero attached hydrogens (tertiary/aromatic N) is 6. The predicted octanol–water partition coefficient (Wildman–Crippen LogP) is 5.55. The highest BCUT2D eigenvalue weighted by Gasteiger charge is 2.49. The lowest BCUT2D eigenvalue weighted by Gasteiger charge is -2.34. The molecule has 46 heavy (non-hydrogen) atoms. The van der Waals surface area contributed by atoms with E-state index in [1.165, 1.54) is 0 Å². The number of H-pyrrole nitrogens is 1. The minimum Gasteiger partial charge on any atom is -0.461 e. The monoisotopic (exact) mass is 651 g/mol. The summed E-state index contributed by atoms with van der Waals surface area (Å²) in [7, 11) is 0. The highest BCUT2D eigenvalue weighted by Crippen LogP contribution is 2.54. The molecule has 0 unspecified atom stereocenters. The SMILES string of the molecule is O=C1OC[C@H]2C[C@@H]2c2c(Cl)cc3[nH]ncc3c2-c2ncc3c(nc(OC[C@@]45CCCN4C[C@H](F)C5)nc3c2F)N2CCC[C@H](C2)O1. The van der Waals surface area contributed by atoms with Crippen LogP contribution in [0.25, 0.3) is 33.1 Å². The maximum absolute atomic E-state index is 17.0. The molecule has 5 aliphatic heterocycles. The highest BCUT2D eigenvalue weighted by atomic mass is 35.5. The molecule has 1 aromatic carbocycles. The molecule has 4 fully saturated rings. The van der Waals surface area contributed by atoms with E-state index in [1.54, 1.807) is 18.5 Å². The Hall–Kier alpha value is -3.84. The molecule has 240 valence electrons. The van der Waals surface area contributed by atoms with Gasteiger partial charge in [0.25, 0.3) is 0 Å². The topological polar surface area (TPSA) is 119 Å². The van der Waals surface area contributed by atoms with Gasteiger partial charge in [0.05, 0.1) is 35.8 Å². The lowest BCUT2D eigenvalue weighted by atomic mass is 9.94. The molecule has 1 aliphatic carbocycles. The number of anilines is 1. The Morgan fingerprint density at radius 2 is 2.09 bits per heavy atom. The van der Waals surface area contributed by atoms with E-state index < -0.39 is 29.8 Å². The van der Waals surface area contributed by atoms with Crippen LogP contribution >= 0.6 is 11.6 Å². The molecular formula is C32H32ClF2N7O4. The third kappa shape index (κ3) is 4.56. The Kier molecular flexibility index (Phi) is 6.54. The molecule has 1 N–H and O–H groups in total. The van der Waals surface area contributed by atoms with Gasteiger partial charge in [-0.25, -0.2) is 13.6 Å². The maximum Gasteiger partial charge on any atom is 0.508 e. The number of alkyl halides is 1. The summed E-state index contributed by atoms with van der Waals surface area (Å²) in [5.74, 6) is -0.272. The van der Waals surface area contributed by atoms with Crippen molar-refractivity contribution < 1.29 is 27.8 Å². The second-order valence-corrected chi connectivity index (χ2v) is 13.8. The molecule has 14 heteroatoms. The number of carbonyl (C=O) groups is 1. The summed E-state index contributed by atoms with van der Waals surface area (Å²) in [6.45, 7) is 2.52. The van der Waals surface area contributed by atoms with Crippen LogP contribution < -0.4 is 9.64 Å². The normalized spacial score (nSPS) is 29.1. The van der Waals surface area contributed by atoms with Gasteiger partial charge < -0.3 is 19.1 Å². The number of pyridine rings is 1. The predicted molar refractivity (Wildman–Crippen MR) is 164 cm³/mol. The molecule has 6 bridgehead atoms. The average Bonchev–Trinajstić information content (AvgIpc) is 3.29. The van der Waals surface area contributed by atoms with Crippen LogP contribution in [0.15, 0.2) is 18.5 Å². The van der Waals surface area contributed by atoms with E-state index in [4.69, 9.17) is 35.8 Å². The first-order valence-electron chi connectivity index (χ1n) is 16.0. The second kappa shape index (κ2) is 10.6. The van der Waals surface area contributed by atoms with Crippen molar-refractivity contribution in [1.29, 1.82) is 0 Å². The molecule has 0 spiro atoms. The maximum atomic E-state index is 17.0. The largest absolute Gasteiger partial charge is 0.508 e. The van der Waals surface area contributed by atoms with Gasteiger partial charge in [-0.05, 0) is 56.2 Å². The fourth-order valence-corrected chi connectivity index (χ4v) is 8.54. The molecular weight excluding hydrogens is 620 g/mol. The first kappa shape index (κ1) is 28.4. The number of benzene rings is 1. The van der Waals surface area contributed by atoms with Crippen molar-refractivity contribution in [2.75, 3.05) is 44.3 Å². The van der Waals surface area contributed by atoms with Crippen LogP contribution in [-0.4, -0.2) is 93.4 Å². The minimum absolute atomic E-state index is 0.00427. The van der Waals surface area contributed by atoms with Gasteiger partial charge in [0.1, 0.15) is 35.9 Å². The highest BCUT2D eigenvalue weighted by molar-refractivity contribution is 6.33. The summed E-state index contributed by atoms with van der Waals surface area (Å²) in [5, 5.41) is 8.67. The van der Waals surface area contributed by atoms with Crippen LogP contribution in [0.4, 0.5) is 19.4 Å². The summed E-state index contributed by atoms with van der Waals surface area (Å²) < 4.78 is 49.1. The Labute approximate surface area is 267 Å². The summed E-state index contributed by atoms with van der Waals surface area (Å²) >= 11 is 6.87. The van der Waals surface area contributed by atoms with E-state index in [9.17, 15) is 9.18 Å². The van der Waals surface area contributed by atoms with Crippen LogP contribution in [0.2, 0.25) is 5.02 Å². The van der Waals surface area contributed by atoms with Crippen molar-refractivity contribution in [2.45, 2.75) is 62.3 Å². The smallest absolute Gasteiger partial charge is 0.461 e. The summed E-state index contributed by atoms with van der Waals surface area (Å²) in [4.78, 5) is 31.0. The third-order valence-corrected chi connectivity index (χ3v) is 10.8. The summed E-state index contributed by atoms with van der Waals surface area (Å²) in [5.41, 5.74) is 1.62. The second-order valence-electron chi connectivity index (χ2n) is 13.3. The standard InChI is InChI=1S/C32H32ClF2N7O4/c33-22-8-23-20(11-37-40-23)25-24(22)19-7-16(19)14-44-31(43)46-18-3-1-5-41(13-18)29-21-10-36-28(25)26(35)27(21)38-30(39-29)45-15-32-4-2-6-42(32)12-17(34)9-32/h8,10-11,16-19H,1-7,9,12-15H2,(H,37,40)/t16-,17-,18-,19+,32+/m1/s1. The first-order valence-corrected chi connectivity index (χ1v) is 16.4. The van der Waals surface area contributed by atoms with Gasteiger partial charge in [0, 0.05) is 47.6 Å². The Morgan fingerprint density at radius 3 is 3.00 bits per heavy atom. The van der Waals surface area contributed by atoms with E-state index in [0.29, 0.717) is 71.6 Å². The van der Waals surface area contributed by atoms with Crippen molar-refractivity contribution >= 4 is 45.4 Å². The molecule has 0 amide bonds. The lowest BCUT2D eigenvalue weighted by molar-refractivity contribution is 0.0165. The molecule has 3 aromatic heterocycles. The van der Waals surface area contributed by atoms with Crippen molar-refractivity contribution in [1.82, 2.24) is 30.0 Å². The zero-order valence-electron chi connectivity index (χ0n) is 25.0. The van der Waals surface area contributed by atoms with E-state index in [-0.39, 0.29) is 42.3 Å². The number of piperidine rings is 1. The Balaban J connectivity index is 1.22. The Morgan fingerprint density at radius 1 is 1.17 bits per heavy atom. The third-order valence-electron chi connectivity index (χ3n) is 10.5. The summed E-state index contributed by atoms with van der Waals surface area (Å²) in [6, 6.07) is 1.79. The van der Waals surface area contributed by atoms with E-state index in [2.05, 4.69) is 20.1 Å². The van der Waals surface area contributed by atoms with Crippen LogP contribution in [0.3, 0.4) is 0 Å². The van der Waals surface area contributed by atoms with Gasteiger partial charge in [-0.1, -0.05) is 11.6 Å². The Bertz CT molecular complexity index is 1890. The van der Waals surface area contributed by atoms with Crippen molar-refractivity contribution in [3.05, 3.63) is 34.9 Å². The van der Waals surface area contributed by atoms with Crippen LogP contribution in [-0.2, 0) is 9.47 Å². The number of fused-ring (bicyclic) bond motifs is 6. The van der Waals surface area contributed by atoms with Gasteiger partial charge in [-0.3, -0.25) is 15.0 Å². The van der Waals surface area contributed by atoms with E-state index in [1.807, 2.05) is 4.90 Å².